The molecule has 12 heteroatoms. The zero-order valence-corrected chi connectivity index (χ0v) is 15.6. The quantitative estimate of drug-likeness (QED) is 0.332. The molecule has 0 fully saturated rings. The number of carbonyl (C=O) groups is 2. The first-order valence-electron chi connectivity index (χ1n) is 7.76. The fourth-order valence-corrected chi connectivity index (χ4v) is 2.58. The van der Waals surface area contributed by atoms with Crippen LogP contribution in [0.3, 0.4) is 0 Å². The molecule has 0 aromatic carbocycles. The van der Waals surface area contributed by atoms with Crippen molar-refractivity contribution in [1.82, 2.24) is 5.32 Å². The molecule has 0 saturated heterocycles. The topological polar surface area (TPSA) is 172 Å². The number of hydrogen-bond donors (Lipinski definition) is 4. The van der Waals surface area contributed by atoms with Crippen LogP contribution in [-0.4, -0.2) is 73.9 Å². The molecule has 1 heterocycles. The van der Waals surface area contributed by atoms with Crippen molar-refractivity contribution in [3.05, 3.63) is 24.3 Å². The minimum absolute atomic E-state index is 0.129. The Morgan fingerprint density at radius 1 is 1.37 bits per heavy atom. The van der Waals surface area contributed by atoms with Crippen molar-refractivity contribution < 1.29 is 41.7 Å². The summed E-state index contributed by atoms with van der Waals surface area (Å²) in [5, 5.41) is 29.3. The monoisotopic (exact) mass is 408 g/mol. The molecule has 1 atom stereocenters. The molecule has 0 saturated carbocycles. The van der Waals surface area contributed by atoms with Crippen LogP contribution >= 0.6 is 0 Å². The van der Waals surface area contributed by atoms with Gasteiger partial charge in [-0.1, -0.05) is 18.7 Å². The number of aliphatic carboxylic acids is 2. The predicted octanol–water partition coefficient (Wildman–Crippen LogP) is -0.305. The summed E-state index contributed by atoms with van der Waals surface area (Å²) in [4.78, 5) is 25.9. The minimum atomic E-state index is -4.78. The summed E-state index contributed by atoms with van der Waals surface area (Å²) in [5.74, 6) is -3.39. The average Bonchev–Trinajstić information content (AvgIpc) is 3.12. The largest absolute Gasteiger partial charge is 0.481 e. The Morgan fingerprint density at radius 3 is 2.41 bits per heavy atom. The first-order chi connectivity index (χ1) is 12.6. The maximum atomic E-state index is 11.6. The summed E-state index contributed by atoms with van der Waals surface area (Å²) in [6, 6.07) is 0. The smallest absolute Gasteiger partial charge is 0.401 e. The van der Waals surface area contributed by atoms with E-state index in [-0.39, 0.29) is 18.6 Å². The molecule has 4 N–H and O–H groups in total. The summed E-state index contributed by atoms with van der Waals surface area (Å²) in [6.45, 7) is 5.81. The molecule has 27 heavy (non-hydrogen) atoms. The lowest BCUT2D eigenvalue weighted by Gasteiger charge is -2.26. The molecular formula is C15H24N2O9S. The highest BCUT2D eigenvalue weighted by Crippen LogP contribution is 2.28. The van der Waals surface area contributed by atoms with Gasteiger partial charge in [-0.25, -0.2) is 13.2 Å². The number of aliphatic hydroxyl groups excluding tert-OH is 1. The van der Waals surface area contributed by atoms with Gasteiger partial charge < -0.3 is 20.6 Å². The molecular weight excluding hydrogens is 384 g/mol. The van der Waals surface area contributed by atoms with Crippen molar-refractivity contribution in [2.24, 2.45) is 4.99 Å². The van der Waals surface area contributed by atoms with Gasteiger partial charge in [-0.3, -0.25) is 9.79 Å². The van der Waals surface area contributed by atoms with Crippen molar-refractivity contribution in [3.63, 3.8) is 0 Å². The Morgan fingerprint density at radius 2 is 2.04 bits per heavy atom. The Kier molecular flexibility index (Phi) is 11.1. The number of nitrogens with zero attached hydrogens (tertiary/aromatic N) is 1. The summed E-state index contributed by atoms with van der Waals surface area (Å²) in [5.41, 5.74) is -2.97. The maximum absolute atomic E-state index is 11.6. The van der Waals surface area contributed by atoms with Crippen LogP contribution in [0.2, 0.25) is 0 Å². The lowest BCUT2D eigenvalue weighted by molar-refractivity contribution is -0.158. The van der Waals surface area contributed by atoms with Gasteiger partial charge in [0.05, 0.1) is 25.9 Å². The third-order valence-corrected chi connectivity index (χ3v) is 3.93. The number of hydrogen-bond acceptors (Lipinski definition) is 9. The minimum Gasteiger partial charge on any atom is -0.481 e. The molecule has 1 aliphatic rings. The fraction of sp³-hybridized carbons (Fsp3) is 0.533. The summed E-state index contributed by atoms with van der Waals surface area (Å²) in [7, 11) is -4.78. The van der Waals surface area contributed by atoms with E-state index >= 15 is 0 Å². The third-order valence-electron chi connectivity index (χ3n) is 3.02. The first-order valence-corrected chi connectivity index (χ1v) is 9.09. The number of aliphatic hydroxyl groups is 1. The number of carboxylic acids is 2. The van der Waals surface area contributed by atoms with E-state index in [9.17, 15) is 18.0 Å². The molecule has 0 aliphatic carbocycles. The van der Waals surface area contributed by atoms with Crippen molar-refractivity contribution >= 4 is 28.7 Å². The van der Waals surface area contributed by atoms with Gasteiger partial charge in [-0.15, -0.1) is 0 Å². The summed E-state index contributed by atoms with van der Waals surface area (Å²) < 4.78 is 32.1. The van der Waals surface area contributed by atoms with Crippen LogP contribution < -0.4 is 5.32 Å². The maximum Gasteiger partial charge on any atom is 0.401 e. The zero-order valence-electron chi connectivity index (χ0n) is 14.8. The van der Waals surface area contributed by atoms with Crippen LogP contribution in [-0.2, 0) is 28.4 Å². The standard InChI is InChI=1S/C12H18O9S.C3H6N2/c1-9(2)12(11(16)17,8-10(14)15)21-22(18,19)20-7-5-3-4-6-13;1-2-5-3-4-1/h3,5,13H,1,4,6-8H2,2H3,(H,14,15)(H,16,17);3H,1-2H2,(H,4,5). The van der Waals surface area contributed by atoms with E-state index in [0.29, 0.717) is 0 Å². The van der Waals surface area contributed by atoms with Crippen LogP contribution in [0.1, 0.15) is 19.8 Å². The number of rotatable bonds is 11. The van der Waals surface area contributed by atoms with E-state index < -0.39 is 41.0 Å². The number of carboxylic acid groups (broad SMARTS) is 2. The highest BCUT2D eigenvalue weighted by molar-refractivity contribution is 7.81. The lowest BCUT2D eigenvalue weighted by Crippen LogP contribution is -2.46. The Hall–Kier alpha value is -2.28. The van der Waals surface area contributed by atoms with Crippen LogP contribution in [0, 0.1) is 0 Å². The first kappa shape index (κ1) is 24.7. The highest BCUT2D eigenvalue weighted by atomic mass is 32.3. The van der Waals surface area contributed by atoms with Gasteiger partial charge in [0, 0.05) is 13.2 Å². The predicted molar refractivity (Wildman–Crippen MR) is 95.6 cm³/mol. The van der Waals surface area contributed by atoms with Crippen LogP contribution in [0.5, 0.6) is 0 Å². The zero-order chi connectivity index (χ0) is 20.9. The van der Waals surface area contributed by atoms with Crippen LogP contribution in [0.25, 0.3) is 0 Å². The van der Waals surface area contributed by atoms with E-state index in [0.717, 1.165) is 20.0 Å². The van der Waals surface area contributed by atoms with E-state index in [4.69, 9.17) is 15.3 Å². The van der Waals surface area contributed by atoms with Gasteiger partial charge in [0.15, 0.2) is 0 Å². The average molecular weight is 408 g/mol. The van der Waals surface area contributed by atoms with Gasteiger partial charge in [0.1, 0.15) is 0 Å². The lowest BCUT2D eigenvalue weighted by atomic mass is 9.92. The number of aliphatic imine (C=N–C) groups is 1. The molecule has 0 aromatic heterocycles. The third kappa shape index (κ3) is 9.84. The second-order valence-corrected chi connectivity index (χ2v) is 6.45. The second kappa shape index (κ2) is 12.2. The van der Waals surface area contributed by atoms with E-state index in [2.05, 4.69) is 25.3 Å². The van der Waals surface area contributed by atoms with Gasteiger partial charge in [0.2, 0.25) is 5.60 Å². The fourth-order valence-electron chi connectivity index (χ4n) is 1.66. The summed E-state index contributed by atoms with van der Waals surface area (Å²) >= 11 is 0. The van der Waals surface area contributed by atoms with E-state index in [1.165, 1.54) is 12.2 Å². The number of nitrogens with one attached hydrogen (secondary N) is 1. The van der Waals surface area contributed by atoms with Crippen molar-refractivity contribution in [1.29, 1.82) is 0 Å². The Bertz CT molecular complexity index is 651. The normalized spacial score (nSPS) is 15.5. The Balaban J connectivity index is 0.00000115. The second-order valence-electron chi connectivity index (χ2n) is 5.23. The summed E-state index contributed by atoms with van der Waals surface area (Å²) in [6.07, 6.45) is 3.60. The van der Waals surface area contributed by atoms with Gasteiger partial charge in [-0.05, 0) is 18.9 Å². The van der Waals surface area contributed by atoms with Crippen molar-refractivity contribution in [2.45, 2.75) is 25.4 Å². The molecule has 0 spiro atoms. The highest BCUT2D eigenvalue weighted by Gasteiger charge is 2.47. The molecule has 0 bridgehead atoms. The molecule has 0 aromatic rings. The van der Waals surface area contributed by atoms with E-state index in [1.54, 1.807) is 6.34 Å². The SMILES string of the molecule is C1=NCCN1.C=C(C)C(CC(=O)O)(OS(=O)(=O)OCC=CCCO)C(=O)O. The molecule has 0 amide bonds. The molecule has 0 radical (unpaired) electrons. The molecule has 1 rings (SSSR count). The van der Waals surface area contributed by atoms with Crippen molar-refractivity contribution in [3.8, 4) is 0 Å². The Labute approximate surface area is 157 Å². The van der Waals surface area contributed by atoms with Gasteiger partial charge in [0.25, 0.3) is 0 Å². The van der Waals surface area contributed by atoms with Gasteiger partial charge >= 0.3 is 22.3 Å². The van der Waals surface area contributed by atoms with Crippen LogP contribution in [0.4, 0.5) is 0 Å². The van der Waals surface area contributed by atoms with E-state index in [1.807, 2.05) is 0 Å². The van der Waals surface area contributed by atoms with Crippen molar-refractivity contribution in [2.75, 3.05) is 26.3 Å². The molecule has 1 unspecified atom stereocenters. The molecule has 1 aliphatic heterocycles. The molecule has 11 nitrogen and oxygen atoms in total. The van der Waals surface area contributed by atoms with Crippen LogP contribution in [0.15, 0.2) is 29.3 Å². The molecule has 154 valence electrons. The van der Waals surface area contributed by atoms with Gasteiger partial charge in [-0.2, -0.15) is 8.42 Å².